The van der Waals surface area contributed by atoms with Crippen LogP contribution in [0.2, 0.25) is 0 Å². The van der Waals surface area contributed by atoms with Crippen molar-refractivity contribution < 1.29 is 39.3 Å². The molecule has 1 aromatic carbocycles. The van der Waals surface area contributed by atoms with Crippen molar-refractivity contribution in [3.05, 3.63) is 29.8 Å². The summed E-state index contributed by atoms with van der Waals surface area (Å²) < 4.78 is 0. The van der Waals surface area contributed by atoms with Crippen molar-refractivity contribution >= 4 is 29.6 Å². The molecule has 5 unspecified atom stereocenters. The number of aliphatic hydroxyl groups excluding tert-OH is 1. The SMILES string of the molecule is CC(NC(=O)C(Cc1ccc(O)cc1)NC(=O)C(N)C(C)O)C(=O)NC(CC(N)=O)C(=O)O. The monoisotopic (exact) mass is 467 g/mol. The molecule has 1 rings (SSSR count). The minimum Gasteiger partial charge on any atom is -0.508 e. The second-order valence-electron chi connectivity index (χ2n) is 7.50. The molecule has 0 heterocycles. The van der Waals surface area contributed by atoms with Gasteiger partial charge in [0.2, 0.25) is 23.6 Å². The van der Waals surface area contributed by atoms with Crippen molar-refractivity contribution in [1.82, 2.24) is 16.0 Å². The molecule has 0 aliphatic carbocycles. The van der Waals surface area contributed by atoms with E-state index in [1.807, 2.05) is 0 Å². The van der Waals surface area contributed by atoms with E-state index < -0.39 is 66.3 Å². The highest BCUT2D eigenvalue weighted by atomic mass is 16.4. The summed E-state index contributed by atoms with van der Waals surface area (Å²) in [5.74, 6) is -4.93. The number of hydrogen-bond acceptors (Lipinski definition) is 8. The Labute approximate surface area is 189 Å². The summed E-state index contributed by atoms with van der Waals surface area (Å²) in [5.41, 5.74) is 11.1. The normalized spacial score (nSPS) is 15.3. The molecule has 5 atom stereocenters. The molecule has 1 aromatic rings. The second-order valence-corrected chi connectivity index (χ2v) is 7.50. The zero-order chi connectivity index (χ0) is 25.3. The zero-order valence-corrected chi connectivity index (χ0v) is 18.1. The first-order valence-electron chi connectivity index (χ1n) is 9.95. The maximum atomic E-state index is 12.8. The van der Waals surface area contributed by atoms with Gasteiger partial charge in [-0.15, -0.1) is 0 Å². The minimum atomic E-state index is -1.58. The zero-order valence-electron chi connectivity index (χ0n) is 18.1. The highest BCUT2D eigenvalue weighted by molar-refractivity contribution is 5.94. The molecule has 182 valence electrons. The first-order chi connectivity index (χ1) is 15.3. The molecule has 0 saturated heterocycles. The molecule has 33 heavy (non-hydrogen) atoms. The summed E-state index contributed by atoms with van der Waals surface area (Å²) in [4.78, 5) is 59.6. The van der Waals surface area contributed by atoms with Crippen molar-refractivity contribution in [3.8, 4) is 5.75 Å². The smallest absolute Gasteiger partial charge is 0.326 e. The van der Waals surface area contributed by atoms with Gasteiger partial charge in [0.1, 0.15) is 29.9 Å². The van der Waals surface area contributed by atoms with E-state index in [0.29, 0.717) is 5.56 Å². The van der Waals surface area contributed by atoms with E-state index in [1.165, 1.54) is 38.1 Å². The van der Waals surface area contributed by atoms with Crippen LogP contribution in [-0.2, 0) is 30.4 Å². The lowest BCUT2D eigenvalue weighted by Crippen LogP contribution is -2.58. The molecule has 0 spiro atoms. The fourth-order valence-corrected chi connectivity index (χ4v) is 2.64. The van der Waals surface area contributed by atoms with Crippen LogP contribution in [-0.4, -0.2) is 75.2 Å². The Kier molecular flexibility index (Phi) is 10.2. The molecule has 0 radical (unpaired) electrons. The lowest BCUT2D eigenvalue weighted by molar-refractivity contribution is -0.143. The van der Waals surface area contributed by atoms with Crippen LogP contribution in [0.15, 0.2) is 24.3 Å². The summed E-state index contributed by atoms with van der Waals surface area (Å²) in [6.07, 6.45) is -1.87. The number of carboxylic acids is 1. The maximum absolute atomic E-state index is 12.8. The Morgan fingerprint density at radius 3 is 1.94 bits per heavy atom. The van der Waals surface area contributed by atoms with Gasteiger partial charge >= 0.3 is 5.97 Å². The van der Waals surface area contributed by atoms with E-state index in [9.17, 15) is 34.2 Å². The third kappa shape index (κ3) is 9.13. The molecule has 0 aliphatic heterocycles. The van der Waals surface area contributed by atoms with Gasteiger partial charge in [-0.2, -0.15) is 0 Å². The lowest BCUT2D eigenvalue weighted by Gasteiger charge is -2.24. The third-order valence-corrected chi connectivity index (χ3v) is 4.60. The number of hydrogen-bond donors (Lipinski definition) is 8. The number of amides is 4. The van der Waals surface area contributed by atoms with Crippen LogP contribution >= 0.6 is 0 Å². The standard InChI is InChI=1S/C20H29N5O8/c1-9(17(29)25-14(20(32)33)8-15(21)28)23-18(30)13(24-19(31)16(22)10(2)26)7-11-3-5-12(27)6-4-11/h3-6,9-10,13-14,16,26-27H,7-8,22H2,1-2H3,(H2,21,28)(H,23,30)(H,24,31)(H,25,29)(H,32,33). The summed E-state index contributed by atoms with van der Waals surface area (Å²) in [6, 6.07) is 0.460. The van der Waals surface area contributed by atoms with E-state index >= 15 is 0 Å². The molecule has 4 amide bonds. The number of phenolic OH excluding ortho intramolecular Hbond substituents is 1. The van der Waals surface area contributed by atoms with Crippen LogP contribution in [0.1, 0.15) is 25.8 Å². The van der Waals surface area contributed by atoms with Gasteiger partial charge in [0.05, 0.1) is 12.5 Å². The van der Waals surface area contributed by atoms with E-state index in [-0.39, 0.29) is 12.2 Å². The van der Waals surface area contributed by atoms with Gasteiger partial charge in [-0.3, -0.25) is 19.2 Å². The first-order valence-corrected chi connectivity index (χ1v) is 9.95. The topological polar surface area (TPSA) is 234 Å². The lowest BCUT2D eigenvalue weighted by atomic mass is 10.0. The average Bonchev–Trinajstić information content (AvgIpc) is 2.72. The quantitative estimate of drug-likeness (QED) is 0.157. The fraction of sp³-hybridized carbons (Fsp3) is 0.450. The molecule has 0 aliphatic rings. The Hall–Kier alpha value is -3.71. The fourth-order valence-electron chi connectivity index (χ4n) is 2.64. The number of carbonyl (C=O) groups is 5. The predicted molar refractivity (Wildman–Crippen MR) is 114 cm³/mol. The molecule has 0 fully saturated rings. The van der Waals surface area contributed by atoms with E-state index in [0.717, 1.165) is 0 Å². The largest absolute Gasteiger partial charge is 0.508 e. The summed E-state index contributed by atoms with van der Waals surface area (Å²) in [6.45, 7) is 2.58. The molecule has 0 bridgehead atoms. The van der Waals surface area contributed by atoms with Crippen LogP contribution in [0, 0.1) is 0 Å². The molecule has 13 heteroatoms. The summed E-state index contributed by atoms with van der Waals surface area (Å²) in [7, 11) is 0. The van der Waals surface area contributed by atoms with Crippen molar-refractivity contribution in [1.29, 1.82) is 0 Å². The number of aromatic hydroxyl groups is 1. The van der Waals surface area contributed by atoms with E-state index in [2.05, 4.69) is 16.0 Å². The van der Waals surface area contributed by atoms with Gasteiger partial charge < -0.3 is 42.7 Å². The van der Waals surface area contributed by atoms with Crippen molar-refractivity contribution in [2.24, 2.45) is 11.5 Å². The number of primary amides is 1. The molecular weight excluding hydrogens is 438 g/mol. The van der Waals surface area contributed by atoms with Crippen LogP contribution in [0.3, 0.4) is 0 Å². The van der Waals surface area contributed by atoms with E-state index in [1.54, 1.807) is 0 Å². The van der Waals surface area contributed by atoms with Crippen molar-refractivity contribution in [3.63, 3.8) is 0 Å². The Balaban J connectivity index is 2.95. The van der Waals surface area contributed by atoms with Gasteiger partial charge in [-0.1, -0.05) is 12.1 Å². The number of nitrogens with two attached hydrogens (primary N) is 2. The number of carboxylic acid groups (broad SMARTS) is 1. The molecule has 10 N–H and O–H groups in total. The van der Waals surface area contributed by atoms with Gasteiger partial charge in [0, 0.05) is 6.42 Å². The molecular formula is C20H29N5O8. The van der Waals surface area contributed by atoms with Crippen LogP contribution in [0.4, 0.5) is 0 Å². The van der Waals surface area contributed by atoms with Crippen LogP contribution in [0.25, 0.3) is 0 Å². The Bertz CT molecular complexity index is 874. The van der Waals surface area contributed by atoms with Crippen molar-refractivity contribution in [2.45, 2.75) is 57.0 Å². The first kappa shape index (κ1) is 27.3. The maximum Gasteiger partial charge on any atom is 0.326 e. The Morgan fingerprint density at radius 1 is 0.909 bits per heavy atom. The van der Waals surface area contributed by atoms with Crippen LogP contribution < -0.4 is 27.4 Å². The second kappa shape index (κ2) is 12.4. The number of rotatable bonds is 12. The van der Waals surface area contributed by atoms with Gasteiger partial charge in [0.25, 0.3) is 0 Å². The highest BCUT2D eigenvalue weighted by Gasteiger charge is 2.30. The molecule has 0 saturated carbocycles. The summed E-state index contributed by atoms with van der Waals surface area (Å²) in [5, 5.41) is 34.9. The molecule has 0 aromatic heterocycles. The van der Waals surface area contributed by atoms with Gasteiger partial charge in [0.15, 0.2) is 0 Å². The van der Waals surface area contributed by atoms with Gasteiger partial charge in [-0.05, 0) is 31.5 Å². The number of nitrogens with one attached hydrogen (secondary N) is 3. The number of aliphatic carboxylic acids is 1. The summed E-state index contributed by atoms with van der Waals surface area (Å²) >= 11 is 0. The van der Waals surface area contributed by atoms with E-state index in [4.69, 9.17) is 16.6 Å². The number of aliphatic hydroxyl groups is 1. The van der Waals surface area contributed by atoms with Crippen LogP contribution in [0.5, 0.6) is 5.75 Å². The number of phenols is 1. The number of carbonyl (C=O) groups excluding carboxylic acids is 4. The minimum absolute atomic E-state index is 0.00541. The average molecular weight is 467 g/mol. The van der Waals surface area contributed by atoms with Crippen molar-refractivity contribution in [2.75, 3.05) is 0 Å². The molecule has 13 nitrogen and oxygen atoms in total. The highest BCUT2D eigenvalue weighted by Crippen LogP contribution is 2.12. The third-order valence-electron chi connectivity index (χ3n) is 4.60. The predicted octanol–water partition coefficient (Wildman–Crippen LogP) is -2.92. The van der Waals surface area contributed by atoms with Gasteiger partial charge in [-0.25, -0.2) is 4.79 Å². The number of benzene rings is 1. The Morgan fingerprint density at radius 2 is 1.45 bits per heavy atom.